The Balaban J connectivity index is 1.99. The number of carbonyl (C=O) groups is 1. The van der Waals surface area contributed by atoms with E-state index in [9.17, 15) is 4.79 Å². The van der Waals surface area contributed by atoms with Gasteiger partial charge in [0.2, 0.25) is 0 Å². The van der Waals surface area contributed by atoms with Gasteiger partial charge < -0.3 is 15.4 Å². The first-order valence-corrected chi connectivity index (χ1v) is 8.37. The van der Waals surface area contributed by atoms with Gasteiger partial charge in [0, 0.05) is 24.7 Å². The van der Waals surface area contributed by atoms with Gasteiger partial charge in [0.25, 0.3) is 0 Å². The molecule has 22 heavy (non-hydrogen) atoms. The summed E-state index contributed by atoms with van der Waals surface area (Å²) in [6, 6.07) is 2.05. The monoisotopic (exact) mass is 369 g/mol. The summed E-state index contributed by atoms with van der Waals surface area (Å²) in [6.45, 7) is 9.04. The number of carbonyl (C=O) groups excluding carboxylic acids is 1. The number of rotatable bonds is 1. The molecule has 1 aromatic heterocycles. The van der Waals surface area contributed by atoms with Gasteiger partial charge >= 0.3 is 6.09 Å². The molecule has 2 N–H and O–H groups in total. The Hall–Kier alpha value is -1.30. The highest BCUT2D eigenvalue weighted by Crippen LogP contribution is 2.31. The van der Waals surface area contributed by atoms with Crippen LogP contribution in [0.5, 0.6) is 0 Å². The van der Waals surface area contributed by atoms with Crippen LogP contribution in [0.3, 0.4) is 0 Å². The molecule has 1 aliphatic rings. The normalized spacial score (nSPS) is 16.7. The lowest BCUT2D eigenvalue weighted by Gasteiger charge is -2.33. The second-order valence-corrected chi connectivity index (χ2v) is 7.56. The molecule has 2 rings (SSSR count). The zero-order valence-electron chi connectivity index (χ0n) is 13.6. The molecule has 0 spiro atoms. The van der Waals surface area contributed by atoms with E-state index in [-0.39, 0.29) is 6.09 Å². The van der Waals surface area contributed by atoms with Crippen LogP contribution in [-0.2, 0) is 4.74 Å². The number of piperidine rings is 1. The predicted molar refractivity (Wildman–Crippen MR) is 90.9 cm³/mol. The Morgan fingerprint density at radius 3 is 2.50 bits per heavy atom. The van der Waals surface area contributed by atoms with Gasteiger partial charge in [0.05, 0.1) is 5.69 Å². The van der Waals surface area contributed by atoms with Crippen molar-refractivity contribution in [1.82, 2.24) is 9.88 Å². The summed E-state index contributed by atoms with van der Waals surface area (Å²) in [5.41, 5.74) is 8.24. The van der Waals surface area contributed by atoms with Crippen LogP contribution in [0, 0.1) is 6.92 Å². The summed E-state index contributed by atoms with van der Waals surface area (Å²) in [5.74, 6) is 0.356. The molecule has 1 amide bonds. The minimum absolute atomic E-state index is 0.228. The van der Waals surface area contributed by atoms with E-state index >= 15 is 0 Å². The van der Waals surface area contributed by atoms with Crippen LogP contribution in [-0.4, -0.2) is 34.7 Å². The standard InChI is InChI=1S/C16H24BrN3O2/c1-10-9-12(19-14(17)13(10)18)11-5-7-20(8-6-11)15(21)22-16(2,3)4/h9,11H,5-8,18H2,1-4H3. The highest BCUT2D eigenvalue weighted by atomic mass is 79.9. The van der Waals surface area contributed by atoms with Crippen LogP contribution in [0.2, 0.25) is 0 Å². The van der Waals surface area contributed by atoms with Crippen molar-refractivity contribution in [2.75, 3.05) is 18.8 Å². The average molecular weight is 370 g/mol. The number of pyridine rings is 1. The van der Waals surface area contributed by atoms with E-state index in [0.29, 0.717) is 29.3 Å². The number of amides is 1. The van der Waals surface area contributed by atoms with Crippen molar-refractivity contribution < 1.29 is 9.53 Å². The molecule has 2 heterocycles. The quantitative estimate of drug-likeness (QED) is 0.763. The summed E-state index contributed by atoms with van der Waals surface area (Å²) in [6.07, 6.45) is 1.55. The number of ether oxygens (including phenoxy) is 1. The third kappa shape index (κ3) is 4.12. The molecule has 1 fully saturated rings. The summed E-state index contributed by atoms with van der Waals surface area (Å²) in [7, 11) is 0. The minimum Gasteiger partial charge on any atom is -0.444 e. The maximum absolute atomic E-state index is 12.1. The number of nitrogens with two attached hydrogens (primary N) is 1. The molecule has 1 saturated heterocycles. The van der Waals surface area contributed by atoms with E-state index in [4.69, 9.17) is 10.5 Å². The highest BCUT2D eigenvalue weighted by Gasteiger charge is 2.28. The summed E-state index contributed by atoms with van der Waals surface area (Å²) in [4.78, 5) is 18.4. The van der Waals surface area contributed by atoms with Crippen molar-refractivity contribution in [3.05, 3.63) is 21.9 Å². The van der Waals surface area contributed by atoms with Gasteiger partial charge in [0.15, 0.2) is 0 Å². The average Bonchev–Trinajstić information content (AvgIpc) is 2.42. The van der Waals surface area contributed by atoms with Crippen LogP contribution >= 0.6 is 15.9 Å². The zero-order valence-corrected chi connectivity index (χ0v) is 15.2. The van der Waals surface area contributed by atoms with E-state index in [0.717, 1.165) is 24.1 Å². The van der Waals surface area contributed by atoms with Crippen molar-refractivity contribution in [3.8, 4) is 0 Å². The molecule has 122 valence electrons. The van der Waals surface area contributed by atoms with Crippen molar-refractivity contribution in [1.29, 1.82) is 0 Å². The number of nitrogen functional groups attached to an aromatic ring is 1. The maximum atomic E-state index is 12.1. The largest absolute Gasteiger partial charge is 0.444 e. The van der Waals surface area contributed by atoms with Gasteiger partial charge in [-0.3, -0.25) is 0 Å². The smallest absolute Gasteiger partial charge is 0.410 e. The van der Waals surface area contributed by atoms with Crippen LogP contribution in [0.4, 0.5) is 10.5 Å². The van der Waals surface area contributed by atoms with E-state index in [2.05, 4.69) is 20.9 Å². The summed E-state index contributed by atoms with van der Waals surface area (Å²) in [5, 5.41) is 0. The van der Waals surface area contributed by atoms with Crippen LogP contribution in [0.25, 0.3) is 0 Å². The Morgan fingerprint density at radius 1 is 1.41 bits per heavy atom. The molecule has 0 unspecified atom stereocenters. The molecule has 0 bridgehead atoms. The first-order chi connectivity index (χ1) is 10.2. The first-order valence-electron chi connectivity index (χ1n) is 7.58. The fraction of sp³-hybridized carbons (Fsp3) is 0.625. The lowest BCUT2D eigenvalue weighted by molar-refractivity contribution is 0.0204. The molecule has 0 saturated carbocycles. The molecule has 6 heteroatoms. The molecule has 0 aromatic carbocycles. The first kappa shape index (κ1) is 17.1. The van der Waals surface area contributed by atoms with E-state index in [1.165, 1.54) is 0 Å². The second-order valence-electron chi connectivity index (χ2n) is 6.81. The molecule has 1 aromatic rings. The topological polar surface area (TPSA) is 68.5 Å². The number of hydrogen-bond donors (Lipinski definition) is 1. The molecule has 5 nitrogen and oxygen atoms in total. The van der Waals surface area contributed by atoms with Crippen LogP contribution in [0.1, 0.15) is 50.8 Å². The number of aryl methyl sites for hydroxylation is 1. The summed E-state index contributed by atoms with van der Waals surface area (Å²) < 4.78 is 6.13. The lowest BCUT2D eigenvalue weighted by Crippen LogP contribution is -2.41. The molecular formula is C16H24BrN3O2. The number of hydrogen-bond acceptors (Lipinski definition) is 4. The van der Waals surface area contributed by atoms with Gasteiger partial charge in [-0.25, -0.2) is 9.78 Å². The Bertz CT molecular complexity index is 538. The van der Waals surface area contributed by atoms with Gasteiger partial charge in [-0.2, -0.15) is 0 Å². The van der Waals surface area contributed by atoms with Crippen molar-refractivity contribution >= 4 is 27.7 Å². The van der Waals surface area contributed by atoms with Crippen molar-refractivity contribution in [2.45, 2.75) is 52.1 Å². The van der Waals surface area contributed by atoms with Gasteiger partial charge in [-0.1, -0.05) is 0 Å². The second kappa shape index (κ2) is 6.44. The Kier molecular flexibility index (Phi) is 5.00. The molecule has 1 aliphatic heterocycles. The SMILES string of the molecule is Cc1cc(C2CCN(C(=O)OC(C)(C)C)CC2)nc(Br)c1N. The highest BCUT2D eigenvalue weighted by molar-refractivity contribution is 9.10. The fourth-order valence-corrected chi connectivity index (χ4v) is 3.08. The number of anilines is 1. The van der Waals surface area contributed by atoms with E-state index in [1.54, 1.807) is 4.90 Å². The third-order valence-corrected chi connectivity index (χ3v) is 4.41. The van der Waals surface area contributed by atoms with Crippen LogP contribution in [0.15, 0.2) is 10.7 Å². The Labute approximate surface area is 140 Å². The lowest BCUT2D eigenvalue weighted by atomic mass is 9.92. The number of likely N-dealkylation sites (tertiary alicyclic amines) is 1. The van der Waals surface area contributed by atoms with Gasteiger partial charge in [-0.15, -0.1) is 0 Å². The number of nitrogens with zero attached hydrogens (tertiary/aromatic N) is 2. The minimum atomic E-state index is -0.450. The molecule has 0 aliphatic carbocycles. The molecular weight excluding hydrogens is 346 g/mol. The van der Waals surface area contributed by atoms with Gasteiger partial charge in [-0.05, 0) is 68.1 Å². The maximum Gasteiger partial charge on any atom is 0.410 e. The fourth-order valence-electron chi connectivity index (χ4n) is 2.56. The number of aromatic nitrogens is 1. The van der Waals surface area contributed by atoms with Gasteiger partial charge in [0.1, 0.15) is 10.2 Å². The zero-order chi connectivity index (χ0) is 16.5. The predicted octanol–water partition coefficient (Wildman–Crippen LogP) is 3.85. The Morgan fingerprint density at radius 2 is 2.00 bits per heavy atom. The third-order valence-electron chi connectivity index (χ3n) is 3.80. The van der Waals surface area contributed by atoms with Crippen molar-refractivity contribution in [2.24, 2.45) is 0 Å². The molecule has 0 atom stereocenters. The summed E-state index contributed by atoms with van der Waals surface area (Å²) >= 11 is 3.41. The van der Waals surface area contributed by atoms with E-state index < -0.39 is 5.60 Å². The van der Waals surface area contributed by atoms with Crippen LogP contribution < -0.4 is 5.73 Å². The molecule has 0 radical (unpaired) electrons. The van der Waals surface area contributed by atoms with Crippen molar-refractivity contribution in [3.63, 3.8) is 0 Å². The number of halogens is 1. The van der Waals surface area contributed by atoms with E-state index in [1.807, 2.05) is 33.8 Å².